The van der Waals surface area contributed by atoms with Crippen molar-refractivity contribution in [2.75, 3.05) is 0 Å². The first-order chi connectivity index (χ1) is 9.25. The number of nitrogens with two attached hydrogens (primary N) is 1. The van der Waals surface area contributed by atoms with E-state index in [2.05, 4.69) is 11.1 Å². The first-order valence-electron chi connectivity index (χ1n) is 6.10. The van der Waals surface area contributed by atoms with Gasteiger partial charge in [0.05, 0.1) is 11.6 Å². The lowest BCUT2D eigenvalue weighted by atomic mass is 10.00. The Morgan fingerprint density at radius 2 is 1.74 bits per heavy atom. The molecular weight excluding hydrogens is 256 g/mol. The normalized spacial score (nSPS) is 12.5. The summed E-state index contributed by atoms with van der Waals surface area (Å²) >= 11 is 6.19. The van der Waals surface area contributed by atoms with Crippen LogP contribution >= 0.6 is 11.6 Å². The highest BCUT2D eigenvalue weighted by atomic mass is 35.5. The number of para-hydroxylation sites is 1. The molecule has 0 saturated carbocycles. The SMILES string of the molecule is NC(c1cnc2ccccc2c1)c1ccccc1Cl. The second kappa shape index (κ2) is 5.00. The lowest BCUT2D eigenvalue weighted by Crippen LogP contribution is -2.12. The Morgan fingerprint density at radius 3 is 2.58 bits per heavy atom. The van der Waals surface area contributed by atoms with Crippen LogP contribution < -0.4 is 5.73 Å². The maximum atomic E-state index is 6.28. The quantitative estimate of drug-likeness (QED) is 0.765. The molecule has 2 aromatic carbocycles. The van der Waals surface area contributed by atoms with Crippen molar-refractivity contribution in [1.29, 1.82) is 0 Å². The van der Waals surface area contributed by atoms with Gasteiger partial charge < -0.3 is 5.73 Å². The third-order valence-corrected chi connectivity index (χ3v) is 3.56. The Hall–Kier alpha value is -1.90. The van der Waals surface area contributed by atoms with Gasteiger partial charge >= 0.3 is 0 Å². The molecule has 0 radical (unpaired) electrons. The van der Waals surface area contributed by atoms with Gasteiger partial charge in [0.15, 0.2) is 0 Å². The van der Waals surface area contributed by atoms with Crippen LogP contribution in [-0.2, 0) is 0 Å². The van der Waals surface area contributed by atoms with Crippen LogP contribution in [0.5, 0.6) is 0 Å². The van der Waals surface area contributed by atoms with Crippen LogP contribution in [0.4, 0.5) is 0 Å². The maximum Gasteiger partial charge on any atom is 0.0702 e. The summed E-state index contributed by atoms with van der Waals surface area (Å²) in [5, 5.41) is 1.77. The number of hydrogen-bond donors (Lipinski definition) is 1. The second-order valence-corrected chi connectivity index (χ2v) is 4.87. The van der Waals surface area contributed by atoms with Crippen molar-refractivity contribution in [3.05, 3.63) is 76.9 Å². The van der Waals surface area contributed by atoms with Gasteiger partial charge in [-0.1, -0.05) is 48.0 Å². The molecule has 1 unspecified atom stereocenters. The number of pyridine rings is 1. The molecule has 0 aliphatic rings. The smallest absolute Gasteiger partial charge is 0.0702 e. The molecule has 19 heavy (non-hydrogen) atoms. The molecule has 0 amide bonds. The summed E-state index contributed by atoms with van der Waals surface area (Å²) < 4.78 is 0. The number of nitrogens with zero attached hydrogens (tertiary/aromatic N) is 1. The van der Waals surface area contributed by atoms with Gasteiger partial charge in [-0.2, -0.15) is 0 Å². The molecule has 0 saturated heterocycles. The van der Waals surface area contributed by atoms with Crippen molar-refractivity contribution in [3.63, 3.8) is 0 Å². The van der Waals surface area contributed by atoms with Crippen molar-refractivity contribution in [2.24, 2.45) is 5.73 Å². The first kappa shape index (κ1) is 12.2. The van der Waals surface area contributed by atoms with Gasteiger partial charge in [0, 0.05) is 16.6 Å². The Labute approximate surface area is 116 Å². The Bertz CT molecular complexity index is 725. The fraction of sp³-hybridized carbons (Fsp3) is 0.0625. The number of aromatic nitrogens is 1. The molecule has 2 nitrogen and oxygen atoms in total. The maximum absolute atomic E-state index is 6.28. The van der Waals surface area contributed by atoms with Gasteiger partial charge in [-0.15, -0.1) is 0 Å². The molecule has 0 spiro atoms. The van der Waals surface area contributed by atoms with E-state index >= 15 is 0 Å². The van der Waals surface area contributed by atoms with E-state index in [0.29, 0.717) is 5.02 Å². The van der Waals surface area contributed by atoms with Gasteiger partial charge in [-0.3, -0.25) is 4.98 Å². The van der Waals surface area contributed by atoms with Gasteiger partial charge in [0.25, 0.3) is 0 Å². The molecule has 94 valence electrons. The van der Waals surface area contributed by atoms with E-state index in [1.807, 2.05) is 54.7 Å². The fourth-order valence-corrected chi connectivity index (χ4v) is 2.42. The van der Waals surface area contributed by atoms with Crippen LogP contribution in [0.15, 0.2) is 60.8 Å². The molecule has 2 N–H and O–H groups in total. The highest BCUT2D eigenvalue weighted by molar-refractivity contribution is 6.31. The zero-order valence-corrected chi connectivity index (χ0v) is 11.0. The van der Waals surface area contributed by atoms with Crippen LogP contribution in [0.25, 0.3) is 10.9 Å². The van der Waals surface area contributed by atoms with E-state index in [9.17, 15) is 0 Å². The molecule has 1 atom stereocenters. The number of benzene rings is 2. The monoisotopic (exact) mass is 268 g/mol. The van der Waals surface area contributed by atoms with E-state index in [4.69, 9.17) is 17.3 Å². The zero-order valence-electron chi connectivity index (χ0n) is 10.3. The fourth-order valence-electron chi connectivity index (χ4n) is 2.17. The summed E-state index contributed by atoms with van der Waals surface area (Å²) in [6.07, 6.45) is 1.82. The standard InChI is InChI=1S/C16H13ClN2/c17-14-7-3-2-6-13(14)16(18)12-9-11-5-1-4-8-15(11)19-10-12/h1-10,16H,18H2. The zero-order chi connectivity index (χ0) is 13.2. The first-order valence-corrected chi connectivity index (χ1v) is 6.48. The average Bonchev–Trinajstić information content (AvgIpc) is 2.46. The van der Waals surface area contributed by atoms with Crippen molar-refractivity contribution in [3.8, 4) is 0 Å². The Kier molecular flexibility index (Phi) is 3.20. The second-order valence-electron chi connectivity index (χ2n) is 4.46. The van der Waals surface area contributed by atoms with Gasteiger partial charge in [0.1, 0.15) is 0 Å². The highest BCUT2D eigenvalue weighted by Crippen LogP contribution is 2.27. The summed E-state index contributed by atoms with van der Waals surface area (Å²) in [6.45, 7) is 0. The van der Waals surface area contributed by atoms with E-state index < -0.39 is 0 Å². The van der Waals surface area contributed by atoms with E-state index in [-0.39, 0.29) is 6.04 Å². The summed E-state index contributed by atoms with van der Waals surface area (Å²) in [7, 11) is 0. The Balaban J connectivity index is 2.07. The molecule has 0 bridgehead atoms. The number of halogens is 1. The van der Waals surface area contributed by atoms with E-state index in [1.165, 1.54) is 0 Å². The minimum atomic E-state index is -0.259. The number of rotatable bonds is 2. The molecule has 3 heteroatoms. The largest absolute Gasteiger partial charge is 0.320 e. The Morgan fingerprint density at radius 1 is 1.00 bits per heavy atom. The molecule has 0 aliphatic carbocycles. The topological polar surface area (TPSA) is 38.9 Å². The number of hydrogen-bond acceptors (Lipinski definition) is 2. The van der Waals surface area contributed by atoms with Crippen molar-refractivity contribution < 1.29 is 0 Å². The lowest BCUT2D eigenvalue weighted by molar-refractivity contribution is 0.867. The van der Waals surface area contributed by atoms with Crippen molar-refractivity contribution in [2.45, 2.75) is 6.04 Å². The van der Waals surface area contributed by atoms with Crippen LogP contribution in [0, 0.1) is 0 Å². The summed E-state index contributed by atoms with van der Waals surface area (Å²) in [4.78, 5) is 4.43. The van der Waals surface area contributed by atoms with E-state index in [0.717, 1.165) is 22.0 Å². The molecule has 3 rings (SSSR count). The van der Waals surface area contributed by atoms with Crippen LogP contribution in [0.3, 0.4) is 0 Å². The summed E-state index contributed by atoms with van der Waals surface area (Å²) in [5.74, 6) is 0. The van der Waals surface area contributed by atoms with Crippen LogP contribution in [0.2, 0.25) is 5.02 Å². The van der Waals surface area contributed by atoms with Gasteiger partial charge in [-0.05, 0) is 29.3 Å². The molecule has 0 fully saturated rings. The van der Waals surface area contributed by atoms with E-state index in [1.54, 1.807) is 0 Å². The predicted octanol–water partition coefficient (Wildman–Crippen LogP) is 3.94. The highest BCUT2D eigenvalue weighted by Gasteiger charge is 2.12. The summed E-state index contributed by atoms with van der Waals surface area (Å²) in [6, 6.07) is 17.4. The summed E-state index contributed by atoms with van der Waals surface area (Å²) in [5.41, 5.74) is 9.14. The molecular formula is C16H13ClN2. The third-order valence-electron chi connectivity index (χ3n) is 3.21. The minimum Gasteiger partial charge on any atom is -0.320 e. The van der Waals surface area contributed by atoms with Crippen LogP contribution in [-0.4, -0.2) is 4.98 Å². The molecule has 0 aliphatic heterocycles. The van der Waals surface area contributed by atoms with Gasteiger partial charge in [0.2, 0.25) is 0 Å². The molecule has 3 aromatic rings. The van der Waals surface area contributed by atoms with Gasteiger partial charge in [-0.25, -0.2) is 0 Å². The van der Waals surface area contributed by atoms with Crippen molar-refractivity contribution >= 4 is 22.5 Å². The molecule has 1 aromatic heterocycles. The van der Waals surface area contributed by atoms with Crippen LogP contribution in [0.1, 0.15) is 17.2 Å². The average molecular weight is 269 g/mol. The minimum absolute atomic E-state index is 0.259. The predicted molar refractivity (Wildman–Crippen MR) is 79.2 cm³/mol. The third kappa shape index (κ3) is 2.33. The molecule has 1 heterocycles. The number of fused-ring (bicyclic) bond motifs is 1. The van der Waals surface area contributed by atoms with Crippen molar-refractivity contribution in [1.82, 2.24) is 4.98 Å². The lowest BCUT2D eigenvalue weighted by Gasteiger charge is -2.14.